The minimum Gasteiger partial charge on any atom is -0.303 e. The Hall–Kier alpha value is -0.590. The molecule has 0 bridgehead atoms. The van der Waals surface area contributed by atoms with Crippen LogP contribution in [0.2, 0.25) is 0 Å². The first-order chi connectivity index (χ1) is 4.70. The summed E-state index contributed by atoms with van der Waals surface area (Å²) in [5.41, 5.74) is 1.32. The van der Waals surface area contributed by atoms with E-state index in [-0.39, 0.29) is 5.92 Å². The third-order valence-electron chi connectivity index (χ3n) is 1.43. The minimum atomic E-state index is 0.183. The van der Waals surface area contributed by atoms with Crippen LogP contribution >= 0.6 is 0 Å². The first-order valence-corrected chi connectivity index (χ1v) is 3.81. The third-order valence-corrected chi connectivity index (χ3v) is 1.43. The van der Waals surface area contributed by atoms with E-state index in [2.05, 4.69) is 19.9 Å². The Morgan fingerprint density at radius 2 is 2.20 bits per heavy atom. The van der Waals surface area contributed by atoms with E-state index < -0.39 is 0 Å². The van der Waals surface area contributed by atoms with E-state index in [1.807, 2.05) is 6.92 Å². The lowest BCUT2D eigenvalue weighted by atomic mass is 10.0. The molecule has 58 valence electrons. The molecule has 0 aliphatic carbocycles. The molecule has 0 aliphatic heterocycles. The fourth-order valence-corrected chi connectivity index (χ4v) is 0.988. The molecule has 0 N–H and O–H groups in total. The summed E-state index contributed by atoms with van der Waals surface area (Å²) in [6, 6.07) is 0. The lowest BCUT2D eigenvalue weighted by Gasteiger charge is -2.01. The number of allylic oxidation sites excluding steroid dienone is 2. The fraction of sp³-hybridized carbons (Fsp3) is 0.667. The van der Waals surface area contributed by atoms with Crippen LogP contribution < -0.4 is 0 Å². The van der Waals surface area contributed by atoms with Gasteiger partial charge in [0.2, 0.25) is 0 Å². The summed E-state index contributed by atoms with van der Waals surface area (Å²) in [4.78, 5) is 10.2. The Balaban J connectivity index is 3.66. The zero-order chi connectivity index (χ0) is 7.98. The molecular weight excluding hydrogens is 124 g/mol. The Morgan fingerprint density at radius 3 is 2.60 bits per heavy atom. The summed E-state index contributed by atoms with van der Waals surface area (Å²) in [6.07, 6.45) is 5.15. The molecule has 1 heteroatoms. The molecule has 0 rings (SSSR count). The van der Waals surface area contributed by atoms with E-state index >= 15 is 0 Å². The molecule has 0 spiro atoms. The van der Waals surface area contributed by atoms with Crippen LogP contribution in [-0.4, -0.2) is 6.29 Å². The van der Waals surface area contributed by atoms with Gasteiger partial charge in [-0.05, 0) is 19.8 Å². The van der Waals surface area contributed by atoms with Gasteiger partial charge < -0.3 is 4.79 Å². The molecule has 0 amide bonds. The highest BCUT2D eigenvalue weighted by atomic mass is 16.1. The van der Waals surface area contributed by atoms with Crippen molar-refractivity contribution >= 4 is 6.29 Å². The summed E-state index contributed by atoms with van der Waals surface area (Å²) in [6.45, 7) is 6.12. The molecule has 0 saturated carbocycles. The predicted octanol–water partition coefficient (Wildman–Crippen LogP) is 2.57. The van der Waals surface area contributed by atoms with Crippen molar-refractivity contribution in [3.05, 3.63) is 11.6 Å². The summed E-state index contributed by atoms with van der Waals surface area (Å²) in [5, 5.41) is 0. The zero-order valence-electron chi connectivity index (χ0n) is 7.05. The highest BCUT2D eigenvalue weighted by Gasteiger charge is 1.98. The summed E-state index contributed by atoms with van der Waals surface area (Å²) in [7, 11) is 0. The Labute approximate surface area is 63.1 Å². The lowest BCUT2D eigenvalue weighted by molar-refractivity contribution is -0.110. The van der Waals surface area contributed by atoms with Crippen molar-refractivity contribution in [2.45, 2.75) is 33.6 Å². The first-order valence-electron chi connectivity index (χ1n) is 3.81. The number of carbonyl (C=O) groups is 1. The quantitative estimate of drug-likeness (QED) is 0.433. The van der Waals surface area contributed by atoms with E-state index in [9.17, 15) is 4.79 Å². The molecule has 0 aromatic rings. The molecule has 1 atom stereocenters. The highest BCUT2D eigenvalue weighted by molar-refractivity contribution is 5.53. The minimum absolute atomic E-state index is 0.183. The van der Waals surface area contributed by atoms with Crippen LogP contribution in [0.3, 0.4) is 0 Å². The van der Waals surface area contributed by atoms with Gasteiger partial charge in [0.1, 0.15) is 6.29 Å². The van der Waals surface area contributed by atoms with Crippen molar-refractivity contribution in [1.29, 1.82) is 0 Å². The second-order valence-electron chi connectivity index (χ2n) is 2.78. The van der Waals surface area contributed by atoms with Gasteiger partial charge in [0, 0.05) is 5.92 Å². The molecule has 10 heavy (non-hydrogen) atoms. The number of hydrogen-bond donors (Lipinski definition) is 0. The number of aldehydes is 1. The van der Waals surface area contributed by atoms with Gasteiger partial charge in [0.25, 0.3) is 0 Å². The van der Waals surface area contributed by atoms with Crippen LogP contribution in [0, 0.1) is 5.92 Å². The Bertz CT molecular complexity index is 125. The summed E-state index contributed by atoms with van der Waals surface area (Å²) in [5.74, 6) is 0.183. The fourth-order valence-electron chi connectivity index (χ4n) is 0.988. The molecule has 0 fully saturated rings. The second kappa shape index (κ2) is 5.21. The van der Waals surface area contributed by atoms with Gasteiger partial charge in [-0.2, -0.15) is 0 Å². The molecule has 1 unspecified atom stereocenters. The van der Waals surface area contributed by atoms with Crippen LogP contribution in [-0.2, 0) is 4.79 Å². The van der Waals surface area contributed by atoms with E-state index in [0.29, 0.717) is 0 Å². The first kappa shape index (κ1) is 9.41. The largest absolute Gasteiger partial charge is 0.303 e. The van der Waals surface area contributed by atoms with Crippen LogP contribution in [0.5, 0.6) is 0 Å². The van der Waals surface area contributed by atoms with Gasteiger partial charge in [-0.3, -0.25) is 0 Å². The highest BCUT2D eigenvalue weighted by Crippen LogP contribution is 2.08. The lowest BCUT2D eigenvalue weighted by Crippen LogP contribution is -1.95. The van der Waals surface area contributed by atoms with E-state index in [1.165, 1.54) is 5.57 Å². The number of carbonyl (C=O) groups excluding carboxylic acids is 1. The van der Waals surface area contributed by atoms with Gasteiger partial charge >= 0.3 is 0 Å². The monoisotopic (exact) mass is 140 g/mol. The van der Waals surface area contributed by atoms with Crippen LogP contribution in [0.25, 0.3) is 0 Å². The maximum absolute atomic E-state index is 10.2. The molecule has 0 aromatic carbocycles. The summed E-state index contributed by atoms with van der Waals surface area (Å²) < 4.78 is 0. The van der Waals surface area contributed by atoms with Crippen molar-refractivity contribution in [3.63, 3.8) is 0 Å². The number of hydrogen-bond acceptors (Lipinski definition) is 1. The molecule has 0 heterocycles. The maximum Gasteiger partial charge on any atom is 0.123 e. The number of rotatable bonds is 4. The predicted molar refractivity (Wildman–Crippen MR) is 43.9 cm³/mol. The van der Waals surface area contributed by atoms with Gasteiger partial charge in [0.15, 0.2) is 0 Å². The standard InChI is InChI=1S/C9H16O/c1-4-5-8(2)6-9(3)7-10/h5,7,9H,4,6H2,1-3H3/b8-5-. The normalized spacial score (nSPS) is 14.9. The van der Waals surface area contributed by atoms with E-state index in [0.717, 1.165) is 19.1 Å². The van der Waals surface area contributed by atoms with Crippen molar-refractivity contribution in [1.82, 2.24) is 0 Å². The second-order valence-corrected chi connectivity index (χ2v) is 2.78. The maximum atomic E-state index is 10.2. The molecule has 0 aromatic heterocycles. The molecule has 0 aliphatic rings. The zero-order valence-corrected chi connectivity index (χ0v) is 7.05. The van der Waals surface area contributed by atoms with Gasteiger partial charge in [-0.15, -0.1) is 0 Å². The average Bonchev–Trinajstić information content (AvgIpc) is 1.88. The van der Waals surface area contributed by atoms with Gasteiger partial charge in [0.05, 0.1) is 0 Å². The molecule has 0 radical (unpaired) electrons. The van der Waals surface area contributed by atoms with E-state index in [1.54, 1.807) is 0 Å². The summed E-state index contributed by atoms with van der Waals surface area (Å²) >= 11 is 0. The van der Waals surface area contributed by atoms with Crippen LogP contribution in [0.1, 0.15) is 33.6 Å². The van der Waals surface area contributed by atoms with Crippen LogP contribution in [0.15, 0.2) is 11.6 Å². The van der Waals surface area contributed by atoms with Gasteiger partial charge in [-0.25, -0.2) is 0 Å². The van der Waals surface area contributed by atoms with Gasteiger partial charge in [-0.1, -0.05) is 25.5 Å². The Kier molecular flexibility index (Phi) is 4.91. The molecule has 1 nitrogen and oxygen atoms in total. The topological polar surface area (TPSA) is 17.1 Å². The van der Waals surface area contributed by atoms with Crippen molar-refractivity contribution in [2.24, 2.45) is 5.92 Å². The molecular formula is C9H16O. The average molecular weight is 140 g/mol. The Morgan fingerprint density at radius 1 is 1.60 bits per heavy atom. The SMILES string of the molecule is CC/C=C(/C)CC(C)C=O. The van der Waals surface area contributed by atoms with Crippen LogP contribution in [0.4, 0.5) is 0 Å². The smallest absolute Gasteiger partial charge is 0.123 e. The van der Waals surface area contributed by atoms with E-state index in [4.69, 9.17) is 0 Å². The third kappa shape index (κ3) is 4.30. The van der Waals surface area contributed by atoms with Crippen molar-refractivity contribution in [2.75, 3.05) is 0 Å². The van der Waals surface area contributed by atoms with Crippen molar-refractivity contribution in [3.8, 4) is 0 Å². The molecule has 0 saturated heterocycles. The van der Waals surface area contributed by atoms with Crippen molar-refractivity contribution < 1.29 is 4.79 Å².